The fourth-order valence-corrected chi connectivity index (χ4v) is 2.76. The van der Waals surface area contributed by atoms with Gasteiger partial charge in [-0.3, -0.25) is 4.90 Å². The first-order valence-corrected chi connectivity index (χ1v) is 6.17. The quantitative estimate of drug-likeness (QED) is 0.752. The number of rotatable bonds is 2. The molecule has 1 aliphatic heterocycles. The van der Waals surface area contributed by atoms with Crippen molar-refractivity contribution in [3.8, 4) is 0 Å². The molecule has 2 aliphatic rings. The molecule has 2 fully saturated rings. The highest BCUT2D eigenvalue weighted by molar-refractivity contribution is 4.90. The Morgan fingerprint density at radius 1 is 1.33 bits per heavy atom. The molecule has 1 heterocycles. The Morgan fingerprint density at radius 3 is 2.67 bits per heavy atom. The van der Waals surface area contributed by atoms with E-state index in [9.17, 15) is 5.11 Å². The van der Waals surface area contributed by atoms with Crippen molar-refractivity contribution in [1.29, 1.82) is 0 Å². The minimum atomic E-state index is -0.411. The molecule has 2 atom stereocenters. The number of nitrogens with zero attached hydrogens (tertiary/aromatic N) is 1. The summed E-state index contributed by atoms with van der Waals surface area (Å²) < 4.78 is 5.59. The van der Waals surface area contributed by atoms with Crippen LogP contribution in [-0.2, 0) is 4.74 Å². The van der Waals surface area contributed by atoms with Gasteiger partial charge in [-0.1, -0.05) is 12.8 Å². The highest BCUT2D eigenvalue weighted by Gasteiger charge is 2.36. The molecule has 0 spiro atoms. The molecule has 1 saturated carbocycles. The maximum absolute atomic E-state index is 10.4. The highest BCUT2D eigenvalue weighted by Crippen LogP contribution is 2.31. The van der Waals surface area contributed by atoms with Crippen LogP contribution in [0.5, 0.6) is 0 Å². The van der Waals surface area contributed by atoms with E-state index in [4.69, 9.17) is 4.74 Å². The summed E-state index contributed by atoms with van der Waals surface area (Å²) in [5.74, 6) is 0. The minimum absolute atomic E-state index is 0.311. The Morgan fingerprint density at radius 2 is 2.00 bits per heavy atom. The van der Waals surface area contributed by atoms with Gasteiger partial charge in [0.25, 0.3) is 0 Å². The molecule has 2 rings (SSSR count). The van der Waals surface area contributed by atoms with E-state index in [2.05, 4.69) is 18.7 Å². The van der Waals surface area contributed by atoms with E-state index in [-0.39, 0.29) is 0 Å². The van der Waals surface area contributed by atoms with Crippen molar-refractivity contribution in [2.24, 2.45) is 0 Å². The Bertz CT molecular complexity index is 214. The first kappa shape index (κ1) is 11.4. The number of aliphatic hydroxyl groups is 1. The third kappa shape index (κ3) is 2.71. The van der Waals surface area contributed by atoms with Crippen molar-refractivity contribution in [2.75, 3.05) is 19.7 Å². The fraction of sp³-hybridized carbons (Fsp3) is 1.00. The van der Waals surface area contributed by atoms with E-state index in [1.54, 1.807) is 0 Å². The summed E-state index contributed by atoms with van der Waals surface area (Å²) in [4.78, 5) is 2.39. The van der Waals surface area contributed by atoms with Gasteiger partial charge in [-0.2, -0.15) is 0 Å². The molecule has 0 aromatic carbocycles. The minimum Gasteiger partial charge on any atom is -0.389 e. The summed E-state index contributed by atoms with van der Waals surface area (Å²) in [6, 6.07) is 0.450. The molecule has 15 heavy (non-hydrogen) atoms. The topological polar surface area (TPSA) is 32.7 Å². The van der Waals surface area contributed by atoms with Gasteiger partial charge in [-0.05, 0) is 26.7 Å². The zero-order valence-electron chi connectivity index (χ0n) is 9.91. The molecule has 2 unspecified atom stereocenters. The van der Waals surface area contributed by atoms with Gasteiger partial charge >= 0.3 is 0 Å². The van der Waals surface area contributed by atoms with Crippen molar-refractivity contribution in [1.82, 2.24) is 4.90 Å². The van der Waals surface area contributed by atoms with Gasteiger partial charge < -0.3 is 9.84 Å². The first-order valence-electron chi connectivity index (χ1n) is 6.17. The van der Waals surface area contributed by atoms with Gasteiger partial charge in [-0.15, -0.1) is 0 Å². The normalized spacial score (nSPS) is 37.0. The monoisotopic (exact) mass is 213 g/mol. The van der Waals surface area contributed by atoms with E-state index < -0.39 is 5.60 Å². The number of morpholine rings is 1. The van der Waals surface area contributed by atoms with Crippen LogP contribution in [-0.4, -0.2) is 47.4 Å². The summed E-state index contributed by atoms with van der Waals surface area (Å²) in [7, 11) is 0. The summed E-state index contributed by atoms with van der Waals surface area (Å²) in [6.07, 6.45) is 4.64. The van der Waals surface area contributed by atoms with Crippen LogP contribution < -0.4 is 0 Å². The Balaban J connectivity index is 1.91. The standard InChI is InChI=1S/C12H23NO2/c1-10-8-15-11(2)7-13(10)9-12(14)5-3-4-6-12/h10-11,14H,3-9H2,1-2H3. The van der Waals surface area contributed by atoms with E-state index in [0.717, 1.165) is 32.5 Å². The molecule has 0 bridgehead atoms. The van der Waals surface area contributed by atoms with E-state index in [0.29, 0.717) is 12.1 Å². The molecule has 3 heteroatoms. The summed E-state index contributed by atoms with van der Waals surface area (Å²) >= 11 is 0. The molecule has 1 N–H and O–H groups in total. The van der Waals surface area contributed by atoms with Crippen LogP contribution in [0.2, 0.25) is 0 Å². The largest absolute Gasteiger partial charge is 0.389 e. The number of hydrogen-bond donors (Lipinski definition) is 1. The van der Waals surface area contributed by atoms with Crippen molar-refractivity contribution >= 4 is 0 Å². The molecule has 0 aromatic heterocycles. The van der Waals surface area contributed by atoms with Gasteiger partial charge in [0.2, 0.25) is 0 Å². The number of ether oxygens (including phenoxy) is 1. The van der Waals surface area contributed by atoms with E-state index in [1.807, 2.05) is 0 Å². The molecule has 0 aromatic rings. The molecular formula is C12H23NO2. The van der Waals surface area contributed by atoms with Crippen LogP contribution in [0.4, 0.5) is 0 Å². The second-order valence-electron chi connectivity index (χ2n) is 5.35. The molecular weight excluding hydrogens is 190 g/mol. The lowest BCUT2D eigenvalue weighted by atomic mass is 10.0. The molecule has 0 amide bonds. The summed E-state index contributed by atoms with van der Waals surface area (Å²) in [5.41, 5.74) is -0.411. The smallest absolute Gasteiger partial charge is 0.0774 e. The average molecular weight is 213 g/mol. The fourth-order valence-electron chi connectivity index (χ4n) is 2.76. The third-order valence-electron chi connectivity index (χ3n) is 3.77. The van der Waals surface area contributed by atoms with Crippen molar-refractivity contribution in [3.05, 3.63) is 0 Å². The molecule has 0 radical (unpaired) electrons. The second kappa shape index (κ2) is 4.40. The van der Waals surface area contributed by atoms with Gasteiger partial charge in [-0.25, -0.2) is 0 Å². The third-order valence-corrected chi connectivity index (χ3v) is 3.77. The maximum Gasteiger partial charge on any atom is 0.0774 e. The van der Waals surface area contributed by atoms with Crippen molar-refractivity contribution in [2.45, 2.75) is 57.3 Å². The van der Waals surface area contributed by atoms with Gasteiger partial charge in [0.05, 0.1) is 18.3 Å². The van der Waals surface area contributed by atoms with Gasteiger partial charge in [0, 0.05) is 19.1 Å². The van der Waals surface area contributed by atoms with Crippen LogP contribution in [0.25, 0.3) is 0 Å². The second-order valence-corrected chi connectivity index (χ2v) is 5.35. The van der Waals surface area contributed by atoms with Crippen LogP contribution in [0, 0.1) is 0 Å². The number of hydrogen-bond acceptors (Lipinski definition) is 3. The highest BCUT2D eigenvalue weighted by atomic mass is 16.5. The van der Waals surface area contributed by atoms with Crippen LogP contribution in [0.1, 0.15) is 39.5 Å². The lowest BCUT2D eigenvalue weighted by Gasteiger charge is -2.40. The van der Waals surface area contributed by atoms with Crippen LogP contribution in [0.3, 0.4) is 0 Å². The van der Waals surface area contributed by atoms with Crippen molar-refractivity contribution < 1.29 is 9.84 Å². The number of β-amino-alcohol motifs (C(OH)–C–C–N with tert-alkyl or cyclic N) is 1. The van der Waals surface area contributed by atoms with E-state index in [1.165, 1.54) is 12.8 Å². The van der Waals surface area contributed by atoms with Crippen LogP contribution in [0.15, 0.2) is 0 Å². The molecule has 3 nitrogen and oxygen atoms in total. The summed E-state index contributed by atoms with van der Waals surface area (Å²) in [5, 5.41) is 10.4. The Labute approximate surface area is 92.4 Å². The van der Waals surface area contributed by atoms with Gasteiger partial charge in [0.15, 0.2) is 0 Å². The van der Waals surface area contributed by atoms with Crippen molar-refractivity contribution in [3.63, 3.8) is 0 Å². The molecule has 1 saturated heterocycles. The predicted octanol–water partition coefficient (Wildman–Crippen LogP) is 1.40. The molecule has 88 valence electrons. The predicted molar refractivity (Wildman–Crippen MR) is 59.9 cm³/mol. The van der Waals surface area contributed by atoms with Crippen LogP contribution >= 0.6 is 0 Å². The maximum atomic E-state index is 10.4. The SMILES string of the molecule is CC1CN(CC2(O)CCCC2)C(C)CO1. The Kier molecular flexibility index (Phi) is 3.33. The zero-order chi connectivity index (χ0) is 10.9. The first-order chi connectivity index (χ1) is 7.09. The average Bonchev–Trinajstić information content (AvgIpc) is 2.59. The Hall–Kier alpha value is -0.120. The lowest BCUT2D eigenvalue weighted by molar-refractivity contribution is -0.0818. The van der Waals surface area contributed by atoms with E-state index >= 15 is 0 Å². The molecule has 1 aliphatic carbocycles. The lowest BCUT2D eigenvalue weighted by Crippen LogP contribution is -2.52. The van der Waals surface area contributed by atoms with Gasteiger partial charge in [0.1, 0.15) is 0 Å². The summed E-state index contributed by atoms with van der Waals surface area (Å²) in [6.45, 7) is 6.89. The zero-order valence-corrected chi connectivity index (χ0v) is 9.91.